The summed E-state index contributed by atoms with van der Waals surface area (Å²) < 4.78 is 0. The van der Waals surface area contributed by atoms with Crippen molar-refractivity contribution in [3.63, 3.8) is 0 Å². The van der Waals surface area contributed by atoms with Crippen molar-refractivity contribution in [3.8, 4) is 0 Å². The number of hydrogen-bond donors (Lipinski definition) is 2. The first kappa shape index (κ1) is 14.2. The molecule has 0 saturated carbocycles. The first-order chi connectivity index (χ1) is 8.49. The summed E-state index contributed by atoms with van der Waals surface area (Å²) >= 11 is 0. The molecule has 1 rings (SSSR count). The van der Waals surface area contributed by atoms with Gasteiger partial charge in [0, 0.05) is 19.5 Å². The molecule has 1 amide bonds. The molecule has 0 saturated heterocycles. The molecule has 18 heavy (non-hydrogen) atoms. The SMILES string of the molecule is CN(C)CCC(=O)NCc1ccc(C(=O)O)cc1. The average Bonchev–Trinajstić information content (AvgIpc) is 2.34. The number of rotatable bonds is 6. The standard InChI is InChI=1S/C13H18N2O3/c1-15(2)8-7-12(16)14-9-10-3-5-11(6-4-10)13(17)18/h3-6H,7-9H2,1-2H3,(H,14,16)(H,17,18). The van der Waals surface area contributed by atoms with Gasteiger partial charge in [0.15, 0.2) is 0 Å². The van der Waals surface area contributed by atoms with Crippen LogP contribution in [0.15, 0.2) is 24.3 Å². The van der Waals surface area contributed by atoms with E-state index in [9.17, 15) is 9.59 Å². The summed E-state index contributed by atoms with van der Waals surface area (Å²) in [5, 5.41) is 11.5. The zero-order valence-corrected chi connectivity index (χ0v) is 10.6. The number of benzene rings is 1. The monoisotopic (exact) mass is 250 g/mol. The number of carboxylic acids is 1. The van der Waals surface area contributed by atoms with Gasteiger partial charge in [-0.15, -0.1) is 0 Å². The lowest BCUT2D eigenvalue weighted by molar-refractivity contribution is -0.121. The molecule has 2 N–H and O–H groups in total. The van der Waals surface area contributed by atoms with Crippen molar-refractivity contribution >= 4 is 11.9 Å². The molecular weight excluding hydrogens is 232 g/mol. The second kappa shape index (κ2) is 6.76. The van der Waals surface area contributed by atoms with Gasteiger partial charge >= 0.3 is 5.97 Å². The van der Waals surface area contributed by atoms with Gasteiger partial charge in [0.25, 0.3) is 0 Å². The number of hydrogen-bond acceptors (Lipinski definition) is 3. The second-order valence-electron chi connectivity index (χ2n) is 4.33. The van der Waals surface area contributed by atoms with Crippen molar-refractivity contribution in [2.24, 2.45) is 0 Å². The molecule has 0 fully saturated rings. The first-order valence-corrected chi connectivity index (χ1v) is 5.72. The fourth-order valence-electron chi connectivity index (χ4n) is 1.38. The van der Waals surface area contributed by atoms with Gasteiger partial charge in [-0.25, -0.2) is 4.79 Å². The lowest BCUT2D eigenvalue weighted by Gasteiger charge is -2.09. The topological polar surface area (TPSA) is 69.6 Å². The maximum atomic E-state index is 11.5. The molecule has 0 bridgehead atoms. The third kappa shape index (κ3) is 4.97. The summed E-state index contributed by atoms with van der Waals surface area (Å²) in [4.78, 5) is 24.1. The van der Waals surface area contributed by atoms with Crippen LogP contribution in [0, 0.1) is 0 Å². The van der Waals surface area contributed by atoms with Crippen LogP contribution in [0.3, 0.4) is 0 Å². The van der Waals surface area contributed by atoms with E-state index in [4.69, 9.17) is 5.11 Å². The van der Waals surface area contributed by atoms with Crippen molar-refractivity contribution in [1.29, 1.82) is 0 Å². The second-order valence-corrected chi connectivity index (χ2v) is 4.33. The number of carbonyl (C=O) groups is 2. The van der Waals surface area contributed by atoms with Crippen LogP contribution in [-0.4, -0.2) is 42.5 Å². The number of nitrogens with zero attached hydrogens (tertiary/aromatic N) is 1. The first-order valence-electron chi connectivity index (χ1n) is 5.72. The molecule has 0 aliphatic carbocycles. The van der Waals surface area contributed by atoms with E-state index in [1.54, 1.807) is 12.1 Å². The number of nitrogens with one attached hydrogen (secondary N) is 1. The third-order valence-electron chi connectivity index (χ3n) is 2.48. The maximum Gasteiger partial charge on any atom is 0.335 e. The molecule has 98 valence electrons. The highest BCUT2D eigenvalue weighted by Gasteiger charge is 2.04. The average molecular weight is 250 g/mol. The van der Waals surface area contributed by atoms with E-state index in [1.165, 1.54) is 12.1 Å². The minimum absolute atomic E-state index is 0.00832. The van der Waals surface area contributed by atoms with E-state index < -0.39 is 5.97 Å². The molecule has 0 aromatic heterocycles. The van der Waals surface area contributed by atoms with E-state index in [1.807, 2.05) is 19.0 Å². The van der Waals surface area contributed by atoms with Crippen molar-refractivity contribution in [3.05, 3.63) is 35.4 Å². The number of carbonyl (C=O) groups excluding carboxylic acids is 1. The van der Waals surface area contributed by atoms with Crippen LogP contribution in [0.25, 0.3) is 0 Å². The third-order valence-corrected chi connectivity index (χ3v) is 2.48. The Bertz CT molecular complexity index is 413. The molecule has 0 spiro atoms. The molecule has 1 aromatic rings. The minimum Gasteiger partial charge on any atom is -0.478 e. The summed E-state index contributed by atoms with van der Waals surface area (Å²) in [5.41, 5.74) is 1.14. The molecule has 5 heteroatoms. The van der Waals surface area contributed by atoms with E-state index in [2.05, 4.69) is 5.32 Å². The Kier molecular flexibility index (Phi) is 5.32. The van der Waals surface area contributed by atoms with Crippen LogP contribution in [0.2, 0.25) is 0 Å². The molecule has 1 aromatic carbocycles. The van der Waals surface area contributed by atoms with E-state index in [0.717, 1.165) is 5.56 Å². The molecule has 0 unspecified atom stereocenters. The van der Waals surface area contributed by atoms with Crippen LogP contribution in [-0.2, 0) is 11.3 Å². The largest absolute Gasteiger partial charge is 0.478 e. The normalized spacial score (nSPS) is 10.4. The van der Waals surface area contributed by atoms with Gasteiger partial charge in [0.2, 0.25) is 5.91 Å². The zero-order chi connectivity index (χ0) is 13.5. The Morgan fingerprint density at radius 3 is 2.33 bits per heavy atom. The summed E-state index contributed by atoms with van der Waals surface area (Å²) in [7, 11) is 3.83. The maximum absolute atomic E-state index is 11.5. The molecule has 0 aliphatic heterocycles. The smallest absolute Gasteiger partial charge is 0.335 e. The van der Waals surface area contributed by atoms with Crippen molar-refractivity contribution in [2.45, 2.75) is 13.0 Å². The summed E-state index contributed by atoms with van der Waals surface area (Å²) in [6, 6.07) is 6.47. The van der Waals surface area contributed by atoms with Gasteiger partial charge in [-0.2, -0.15) is 0 Å². The van der Waals surface area contributed by atoms with Gasteiger partial charge in [0.05, 0.1) is 5.56 Å². The highest BCUT2D eigenvalue weighted by molar-refractivity contribution is 5.87. The van der Waals surface area contributed by atoms with Crippen LogP contribution in [0.5, 0.6) is 0 Å². The van der Waals surface area contributed by atoms with Crippen LogP contribution in [0.4, 0.5) is 0 Å². The van der Waals surface area contributed by atoms with Crippen LogP contribution < -0.4 is 5.32 Å². The Labute approximate surface area is 106 Å². The predicted octanol–water partition coefficient (Wildman–Crippen LogP) is 0.953. The van der Waals surface area contributed by atoms with Crippen LogP contribution in [0.1, 0.15) is 22.3 Å². The molecule has 0 atom stereocenters. The fourth-order valence-corrected chi connectivity index (χ4v) is 1.38. The molecule has 5 nitrogen and oxygen atoms in total. The van der Waals surface area contributed by atoms with Gasteiger partial charge < -0.3 is 15.3 Å². The molecule has 0 heterocycles. The molecule has 0 aliphatic rings. The lowest BCUT2D eigenvalue weighted by Crippen LogP contribution is -2.26. The highest BCUT2D eigenvalue weighted by atomic mass is 16.4. The zero-order valence-electron chi connectivity index (χ0n) is 10.6. The number of aromatic carboxylic acids is 1. The predicted molar refractivity (Wildman–Crippen MR) is 68.4 cm³/mol. The van der Waals surface area contributed by atoms with Gasteiger partial charge in [-0.1, -0.05) is 12.1 Å². The fraction of sp³-hybridized carbons (Fsp3) is 0.385. The van der Waals surface area contributed by atoms with Crippen molar-refractivity contribution in [1.82, 2.24) is 10.2 Å². The Morgan fingerprint density at radius 2 is 1.83 bits per heavy atom. The van der Waals surface area contributed by atoms with E-state index in [-0.39, 0.29) is 11.5 Å². The Morgan fingerprint density at radius 1 is 1.22 bits per heavy atom. The Hall–Kier alpha value is -1.88. The summed E-state index contributed by atoms with van der Waals surface area (Å²) in [6.07, 6.45) is 0.459. The van der Waals surface area contributed by atoms with Gasteiger partial charge in [-0.3, -0.25) is 4.79 Å². The summed E-state index contributed by atoms with van der Waals surface area (Å²) in [6.45, 7) is 1.13. The summed E-state index contributed by atoms with van der Waals surface area (Å²) in [5.74, 6) is -0.956. The Balaban J connectivity index is 2.39. The van der Waals surface area contributed by atoms with Gasteiger partial charge in [0.1, 0.15) is 0 Å². The van der Waals surface area contributed by atoms with Gasteiger partial charge in [-0.05, 0) is 31.8 Å². The number of carboxylic acid groups (broad SMARTS) is 1. The quantitative estimate of drug-likeness (QED) is 0.788. The molecular formula is C13H18N2O3. The highest BCUT2D eigenvalue weighted by Crippen LogP contribution is 2.04. The number of amides is 1. The van der Waals surface area contributed by atoms with E-state index in [0.29, 0.717) is 19.5 Å². The van der Waals surface area contributed by atoms with E-state index >= 15 is 0 Å². The lowest BCUT2D eigenvalue weighted by atomic mass is 10.1. The van der Waals surface area contributed by atoms with Crippen LogP contribution >= 0.6 is 0 Å². The van der Waals surface area contributed by atoms with Crippen molar-refractivity contribution in [2.75, 3.05) is 20.6 Å². The van der Waals surface area contributed by atoms with Crippen molar-refractivity contribution < 1.29 is 14.7 Å². The minimum atomic E-state index is -0.948. The molecule has 0 radical (unpaired) electrons.